The number of rotatable bonds is 3. The van der Waals surface area contributed by atoms with Crippen LogP contribution in [0.25, 0.3) is 0 Å². The number of epoxide rings is 1. The van der Waals surface area contributed by atoms with Gasteiger partial charge in [0.25, 0.3) is 0 Å². The number of esters is 1. The molecule has 3 nitrogen and oxygen atoms in total. The summed E-state index contributed by atoms with van der Waals surface area (Å²) >= 11 is 0. The highest BCUT2D eigenvalue weighted by molar-refractivity contribution is 5.72. The minimum absolute atomic E-state index is 0.00444. The molecule has 0 aromatic rings. The molecule has 1 heterocycles. The van der Waals surface area contributed by atoms with Crippen LogP contribution in [-0.2, 0) is 14.3 Å². The van der Waals surface area contributed by atoms with Gasteiger partial charge in [0.05, 0.1) is 12.5 Å². The Bertz CT molecular complexity index is 181. The second kappa shape index (κ2) is 4.09. The van der Waals surface area contributed by atoms with Gasteiger partial charge in [-0.3, -0.25) is 4.79 Å². The number of carbonyl (C=O) groups is 1. The van der Waals surface area contributed by atoms with Crippen molar-refractivity contribution in [3.63, 3.8) is 0 Å². The molecule has 2 fully saturated rings. The molecular weight excluding hydrogens is 168 g/mol. The zero-order valence-corrected chi connectivity index (χ0v) is 7.83. The number of hydrogen-bond donors (Lipinski definition) is 0. The maximum absolute atomic E-state index is 11.5. The predicted octanol–water partition coefficient (Wildman–Crippen LogP) is 1.51. The molecule has 1 aliphatic carbocycles. The minimum atomic E-state index is -0.00444. The van der Waals surface area contributed by atoms with E-state index in [1.807, 2.05) is 0 Å². The molecular formula is C10H16O3. The Kier molecular flexibility index (Phi) is 2.83. The van der Waals surface area contributed by atoms with Gasteiger partial charge in [0.1, 0.15) is 12.7 Å². The molecule has 1 saturated heterocycles. The average Bonchev–Trinajstić information content (AvgIpc) is 2.99. The van der Waals surface area contributed by atoms with Gasteiger partial charge in [-0.1, -0.05) is 19.3 Å². The van der Waals surface area contributed by atoms with E-state index in [0.29, 0.717) is 6.61 Å². The lowest BCUT2D eigenvalue weighted by Gasteiger charge is -2.19. The molecule has 0 aromatic carbocycles. The Morgan fingerprint density at radius 2 is 2.00 bits per heavy atom. The fraction of sp³-hybridized carbons (Fsp3) is 0.900. The van der Waals surface area contributed by atoms with Crippen LogP contribution in [0.5, 0.6) is 0 Å². The summed E-state index contributed by atoms with van der Waals surface area (Å²) in [6.07, 6.45) is 5.87. The highest BCUT2D eigenvalue weighted by atomic mass is 16.6. The highest BCUT2D eigenvalue weighted by Gasteiger charge is 2.27. The summed E-state index contributed by atoms with van der Waals surface area (Å²) in [5.41, 5.74) is 0. The van der Waals surface area contributed by atoms with E-state index in [1.54, 1.807) is 0 Å². The van der Waals surface area contributed by atoms with Gasteiger partial charge in [0.2, 0.25) is 0 Å². The fourth-order valence-corrected chi connectivity index (χ4v) is 1.80. The van der Waals surface area contributed by atoms with E-state index in [-0.39, 0.29) is 18.0 Å². The first-order valence-corrected chi connectivity index (χ1v) is 5.14. The van der Waals surface area contributed by atoms with Crippen LogP contribution in [0, 0.1) is 5.92 Å². The molecule has 1 unspecified atom stereocenters. The molecule has 74 valence electrons. The number of hydrogen-bond acceptors (Lipinski definition) is 3. The third kappa shape index (κ3) is 2.69. The van der Waals surface area contributed by atoms with E-state index in [0.717, 1.165) is 19.4 Å². The second-order valence-electron chi connectivity index (χ2n) is 3.92. The molecule has 2 rings (SSSR count). The van der Waals surface area contributed by atoms with Crippen LogP contribution in [0.2, 0.25) is 0 Å². The maximum atomic E-state index is 11.5. The lowest BCUT2D eigenvalue weighted by Crippen LogP contribution is -2.21. The van der Waals surface area contributed by atoms with Crippen LogP contribution in [-0.4, -0.2) is 25.3 Å². The molecule has 0 spiro atoms. The van der Waals surface area contributed by atoms with E-state index in [1.165, 1.54) is 19.3 Å². The number of ether oxygens (including phenoxy) is 2. The van der Waals surface area contributed by atoms with Crippen LogP contribution in [0.3, 0.4) is 0 Å². The van der Waals surface area contributed by atoms with Crippen LogP contribution in [0.4, 0.5) is 0 Å². The van der Waals surface area contributed by atoms with Crippen molar-refractivity contribution in [3.8, 4) is 0 Å². The molecule has 3 heteroatoms. The Balaban J connectivity index is 1.67. The van der Waals surface area contributed by atoms with E-state index >= 15 is 0 Å². The first-order chi connectivity index (χ1) is 6.36. The summed E-state index contributed by atoms with van der Waals surface area (Å²) in [5.74, 6) is 0.169. The molecule has 0 aromatic heterocycles. The van der Waals surface area contributed by atoms with Crippen LogP contribution < -0.4 is 0 Å². The van der Waals surface area contributed by atoms with Crippen molar-refractivity contribution < 1.29 is 14.3 Å². The third-order valence-corrected chi connectivity index (χ3v) is 2.75. The first-order valence-electron chi connectivity index (χ1n) is 5.14. The van der Waals surface area contributed by atoms with Gasteiger partial charge < -0.3 is 9.47 Å². The molecule has 0 N–H and O–H groups in total. The summed E-state index contributed by atoms with van der Waals surface area (Å²) in [6, 6.07) is 0. The van der Waals surface area contributed by atoms with Gasteiger partial charge in [-0.2, -0.15) is 0 Å². The molecule has 1 atom stereocenters. The normalized spacial score (nSPS) is 28.5. The van der Waals surface area contributed by atoms with Gasteiger partial charge in [0, 0.05) is 0 Å². The van der Waals surface area contributed by atoms with Crippen molar-refractivity contribution in [1.82, 2.24) is 0 Å². The Morgan fingerprint density at radius 1 is 1.31 bits per heavy atom. The standard InChI is InChI=1S/C10H16O3/c11-10(13-7-9-6-12-9)8-4-2-1-3-5-8/h8-9H,1-7H2. The van der Waals surface area contributed by atoms with Gasteiger partial charge in [-0.05, 0) is 12.8 Å². The Labute approximate surface area is 78.4 Å². The zero-order valence-electron chi connectivity index (χ0n) is 7.83. The van der Waals surface area contributed by atoms with Crippen LogP contribution in [0.1, 0.15) is 32.1 Å². The summed E-state index contributed by atoms with van der Waals surface area (Å²) in [7, 11) is 0. The summed E-state index contributed by atoms with van der Waals surface area (Å²) < 4.78 is 10.1. The van der Waals surface area contributed by atoms with Crippen molar-refractivity contribution in [1.29, 1.82) is 0 Å². The first kappa shape index (κ1) is 9.00. The van der Waals surface area contributed by atoms with Gasteiger partial charge >= 0.3 is 5.97 Å². The van der Waals surface area contributed by atoms with Crippen LogP contribution >= 0.6 is 0 Å². The lowest BCUT2D eigenvalue weighted by atomic mass is 9.89. The maximum Gasteiger partial charge on any atom is 0.309 e. The van der Waals surface area contributed by atoms with Crippen molar-refractivity contribution in [2.75, 3.05) is 13.2 Å². The van der Waals surface area contributed by atoms with Gasteiger partial charge in [-0.25, -0.2) is 0 Å². The van der Waals surface area contributed by atoms with Gasteiger partial charge in [-0.15, -0.1) is 0 Å². The summed E-state index contributed by atoms with van der Waals surface area (Å²) in [5, 5.41) is 0. The Morgan fingerprint density at radius 3 is 2.62 bits per heavy atom. The molecule has 0 amide bonds. The van der Waals surface area contributed by atoms with E-state index in [4.69, 9.17) is 9.47 Å². The molecule has 2 aliphatic rings. The smallest absolute Gasteiger partial charge is 0.309 e. The largest absolute Gasteiger partial charge is 0.463 e. The zero-order chi connectivity index (χ0) is 9.10. The minimum Gasteiger partial charge on any atom is -0.463 e. The quantitative estimate of drug-likeness (QED) is 0.493. The lowest BCUT2D eigenvalue weighted by molar-refractivity contribution is -0.150. The highest BCUT2D eigenvalue weighted by Crippen LogP contribution is 2.25. The SMILES string of the molecule is O=C(OCC1CO1)C1CCCCC1. The monoisotopic (exact) mass is 184 g/mol. The molecule has 0 bridgehead atoms. The van der Waals surface area contributed by atoms with E-state index < -0.39 is 0 Å². The van der Waals surface area contributed by atoms with Crippen molar-refractivity contribution in [2.45, 2.75) is 38.2 Å². The van der Waals surface area contributed by atoms with Crippen molar-refractivity contribution >= 4 is 5.97 Å². The fourth-order valence-electron chi connectivity index (χ4n) is 1.80. The molecule has 1 saturated carbocycles. The summed E-state index contributed by atoms with van der Waals surface area (Å²) in [6.45, 7) is 1.23. The molecule has 0 radical (unpaired) electrons. The topological polar surface area (TPSA) is 38.8 Å². The summed E-state index contributed by atoms with van der Waals surface area (Å²) in [4.78, 5) is 11.5. The van der Waals surface area contributed by atoms with E-state index in [9.17, 15) is 4.79 Å². The molecule has 13 heavy (non-hydrogen) atoms. The third-order valence-electron chi connectivity index (χ3n) is 2.75. The average molecular weight is 184 g/mol. The second-order valence-corrected chi connectivity index (χ2v) is 3.92. The van der Waals surface area contributed by atoms with Crippen molar-refractivity contribution in [2.24, 2.45) is 5.92 Å². The number of carbonyl (C=O) groups excluding carboxylic acids is 1. The molecule has 1 aliphatic heterocycles. The van der Waals surface area contributed by atoms with Gasteiger partial charge in [0.15, 0.2) is 0 Å². The van der Waals surface area contributed by atoms with Crippen molar-refractivity contribution in [3.05, 3.63) is 0 Å². The Hall–Kier alpha value is -0.570. The van der Waals surface area contributed by atoms with E-state index in [2.05, 4.69) is 0 Å². The predicted molar refractivity (Wildman–Crippen MR) is 47.3 cm³/mol. The van der Waals surface area contributed by atoms with Crippen LogP contribution in [0.15, 0.2) is 0 Å².